The molecule has 0 saturated carbocycles. The Morgan fingerprint density at radius 3 is 2.52 bits per heavy atom. The van der Waals surface area contributed by atoms with E-state index < -0.39 is 17.7 Å². The number of nitrogens with zero attached hydrogens (tertiary/aromatic N) is 3. The average molecular weight is 297 g/mol. The summed E-state index contributed by atoms with van der Waals surface area (Å²) in [6.45, 7) is 0. The molecule has 0 aromatic carbocycles. The topological polar surface area (TPSA) is 38.7 Å². The van der Waals surface area contributed by atoms with Crippen LogP contribution in [0.3, 0.4) is 0 Å². The van der Waals surface area contributed by atoms with Crippen LogP contribution in [0.1, 0.15) is 29.8 Å². The van der Waals surface area contributed by atoms with Gasteiger partial charge in [-0.2, -0.15) is 13.2 Å². The first-order chi connectivity index (χ1) is 9.97. The van der Waals surface area contributed by atoms with Crippen molar-refractivity contribution in [2.24, 2.45) is 0 Å². The van der Waals surface area contributed by atoms with Crippen molar-refractivity contribution in [1.29, 1.82) is 0 Å². The Labute approximate surface area is 118 Å². The van der Waals surface area contributed by atoms with Gasteiger partial charge in [-0.05, 0) is 31.7 Å². The molecule has 0 spiro atoms. The molecule has 3 rings (SSSR count). The summed E-state index contributed by atoms with van der Waals surface area (Å²) in [5.41, 5.74) is -0.496. The number of halogens is 4. The van der Waals surface area contributed by atoms with Crippen molar-refractivity contribution in [3.8, 4) is 11.4 Å². The smallest absolute Gasteiger partial charge is 0.262 e. The summed E-state index contributed by atoms with van der Waals surface area (Å²) in [7, 11) is 0. The zero-order valence-corrected chi connectivity index (χ0v) is 10.9. The van der Waals surface area contributed by atoms with Crippen molar-refractivity contribution < 1.29 is 17.6 Å². The van der Waals surface area contributed by atoms with Gasteiger partial charge in [-0.25, -0.2) is 14.4 Å². The highest BCUT2D eigenvalue weighted by Gasteiger charge is 2.38. The van der Waals surface area contributed by atoms with Crippen LogP contribution >= 0.6 is 0 Å². The molecule has 0 fully saturated rings. The van der Waals surface area contributed by atoms with Crippen molar-refractivity contribution in [1.82, 2.24) is 15.0 Å². The van der Waals surface area contributed by atoms with E-state index in [4.69, 9.17) is 0 Å². The highest BCUT2D eigenvalue weighted by molar-refractivity contribution is 5.56. The van der Waals surface area contributed by atoms with Crippen LogP contribution in [0, 0.1) is 5.82 Å². The lowest BCUT2D eigenvalue weighted by molar-refractivity contribution is -0.142. The molecule has 2 heterocycles. The molecular formula is C14H11F4N3. The molecule has 0 bridgehead atoms. The Hall–Kier alpha value is -2.05. The van der Waals surface area contributed by atoms with E-state index >= 15 is 0 Å². The molecule has 21 heavy (non-hydrogen) atoms. The van der Waals surface area contributed by atoms with Gasteiger partial charge in [0.15, 0.2) is 17.3 Å². The number of rotatable bonds is 1. The largest absolute Gasteiger partial charge is 0.433 e. The molecule has 0 radical (unpaired) electrons. The van der Waals surface area contributed by atoms with E-state index in [-0.39, 0.29) is 17.0 Å². The second-order valence-electron chi connectivity index (χ2n) is 4.88. The van der Waals surface area contributed by atoms with Gasteiger partial charge in [0.25, 0.3) is 0 Å². The lowest BCUT2D eigenvalue weighted by Gasteiger charge is -2.20. The third kappa shape index (κ3) is 2.59. The predicted molar refractivity (Wildman–Crippen MR) is 66.9 cm³/mol. The minimum atomic E-state index is -4.57. The number of alkyl halides is 3. The van der Waals surface area contributed by atoms with E-state index in [1.165, 1.54) is 12.3 Å². The normalized spacial score (nSPS) is 14.9. The minimum absolute atomic E-state index is 0.0659. The van der Waals surface area contributed by atoms with Gasteiger partial charge >= 0.3 is 6.18 Å². The van der Waals surface area contributed by atoms with E-state index in [1.807, 2.05) is 0 Å². The molecule has 1 aliphatic rings. The molecular weight excluding hydrogens is 286 g/mol. The van der Waals surface area contributed by atoms with E-state index in [9.17, 15) is 17.6 Å². The summed E-state index contributed by atoms with van der Waals surface area (Å²) in [5.74, 6) is -0.968. The minimum Gasteiger partial charge on any atom is -0.262 e. The Kier molecular flexibility index (Phi) is 3.35. The van der Waals surface area contributed by atoms with Crippen LogP contribution in [0.2, 0.25) is 0 Å². The molecule has 0 N–H and O–H groups in total. The third-order valence-corrected chi connectivity index (χ3v) is 3.46. The van der Waals surface area contributed by atoms with Gasteiger partial charge in [-0.15, -0.1) is 0 Å². The first-order valence-corrected chi connectivity index (χ1v) is 6.53. The van der Waals surface area contributed by atoms with Crippen molar-refractivity contribution in [2.45, 2.75) is 31.9 Å². The lowest BCUT2D eigenvalue weighted by Crippen LogP contribution is -2.19. The molecule has 2 aromatic rings. The Balaban J connectivity index is 2.22. The van der Waals surface area contributed by atoms with Crippen molar-refractivity contribution in [3.63, 3.8) is 0 Å². The second kappa shape index (κ2) is 5.05. The van der Waals surface area contributed by atoms with Gasteiger partial charge in [0.05, 0.1) is 11.8 Å². The number of hydrogen-bond donors (Lipinski definition) is 0. The SMILES string of the molecule is Fc1cnccc1-c1nc2c(c(C(F)(F)F)n1)CCCC2. The quantitative estimate of drug-likeness (QED) is 0.755. The van der Waals surface area contributed by atoms with Crippen LogP contribution in [-0.4, -0.2) is 15.0 Å². The maximum Gasteiger partial charge on any atom is 0.433 e. The van der Waals surface area contributed by atoms with E-state index in [2.05, 4.69) is 15.0 Å². The van der Waals surface area contributed by atoms with Crippen LogP contribution in [0.15, 0.2) is 18.5 Å². The molecule has 2 aromatic heterocycles. The van der Waals surface area contributed by atoms with Crippen LogP contribution in [0.5, 0.6) is 0 Å². The zero-order valence-electron chi connectivity index (χ0n) is 10.9. The molecule has 3 nitrogen and oxygen atoms in total. The summed E-state index contributed by atoms with van der Waals surface area (Å²) in [6.07, 6.45) is -0.103. The van der Waals surface area contributed by atoms with Gasteiger partial charge in [0.2, 0.25) is 0 Å². The molecule has 7 heteroatoms. The average Bonchev–Trinajstić information content (AvgIpc) is 2.45. The Morgan fingerprint density at radius 2 is 1.81 bits per heavy atom. The van der Waals surface area contributed by atoms with Crippen molar-refractivity contribution >= 4 is 0 Å². The third-order valence-electron chi connectivity index (χ3n) is 3.46. The van der Waals surface area contributed by atoms with Crippen LogP contribution in [0.4, 0.5) is 17.6 Å². The number of pyridine rings is 1. The van der Waals surface area contributed by atoms with Gasteiger partial charge in [-0.1, -0.05) is 0 Å². The summed E-state index contributed by atoms with van der Waals surface area (Å²) >= 11 is 0. The summed E-state index contributed by atoms with van der Waals surface area (Å²) in [5, 5.41) is 0. The molecule has 0 unspecified atom stereocenters. The lowest BCUT2D eigenvalue weighted by atomic mass is 9.94. The van der Waals surface area contributed by atoms with Gasteiger partial charge in [-0.3, -0.25) is 4.98 Å². The standard InChI is InChI=1S/C14H11F4N3/c15-10-7-19-6-5-8(10)13-20-11-4-2-1-3-9(11)12(21-13)14(16,17)18/h5-7H,1-4H2. The van der Waals surface area contributed by atoms with E-state index in [1.54, 1.807) is 0 Å². The Morgan fingerprint density at radius 1 is 1.05 bits per heavy atom. The van der Waals surface area contributed by atoms with Gasteiger partial charge in [0.1, 0.15) is 0 Å². The number of aryl methyl sites for hydroxylation is 1. The summed E-state index contributed by atoms with van der Waals surface area (Å²) in [4.78, 5) is 11.3. The maximum absolute atomic E-state index is 13.7. The molecule has 0 atom stereocenters. The number of aromatic nitrogens is 3. The fourth-order valence-corrected chi connectivity index (χ4v) is 2.51. The predicted octanol–water partition coefficient (Wildman–Crippen LogP) is 3.58. The van der Waals surface area contributed by atoms with Gasteiger partial charge < -0.3 is 0 Å². The fourth-order valence-electron chi connectivity index (χ4n) is 2.51. The summed E-state index contributed by atoms with van der Waals surface area (Å²) < 4.78 is 53.2. The molecule has 1 aliphatic carbocycles. The zero-order chi connectivity index (χ0) is 15.0. The molecule has 0 amide bonds. The van der Waals surface area contributed by atoms with Crippen molar-refractivity contribution in [2.75, 3.05) is 0 Å². The van der Waals surface area contributed by atoms with Crippen LogP contribution < -0.4 is 0 Å². The van der Waals surface area contributed by atoms with E-state index in [0.717, 1.165) is 12.6 Å². The Bertz CT molecular complexity index is 682. The summed E-state index contributed by atoms with van der Waals surface area (Å²) in [6, 6.07) is 1.28. The molecule has 110 valence electrons. The number of fused-ring (bicyclic) bond motifs is 1. The molecule has 0 saturated heterocycles. The maximum atomic E-state index is 13.7. The monoisotopic (exact) mass is 297 g/mol. The number of hydrogen-bond acceptors (Lipinski definition) is 3. The first kappa shape index (κ1) is 13.9. The highest BCUT2D eigenvalue weighted by Crippen LogP contribution is 2.36. The van der Waals surface area contributed by atoms with Crippen LogP contribution in [-0.2, 0) is 19.0 Å². The first-order valence-electron chi connectivity index (χ1n) is 6.53. The molecule has 0 aliphatic heterocycles. The van der Waals surface area contributed by atoms with Gasteiger partial charge in [0, 0.05) is 17.5 Å². The highest BCUT2D eigenvalue weighted by atomic mass is 19.4. The second-order valence-corrected chi connectivity index (χ2v) is 4.88. The van der Waals surface area contributed by atoms with E-state index in [0.29, 0.717) is 25.0 Å². The van der Waals surface area contributed by atoms with Crippen LogP contribution in [0.25, 0.3) is 11.4 Å². The van der Waals surface area contributed by atoms with Crippen molar-refractivity contribution in [3.05, 3.63) is 41.2 Å². The fraction of sp³-hybridized carbons (Fsp3) is 0.357.